The van der Waals surface area contributed by atoms with Crippen LogP contribution in [0.4, 0.5) is 4.79 Å². The first kappa shape index (κ1) is 27.8. The molecule has 0 saturated carbocycles. The van der Waals surface area contributed by atoms with Crippen LogP contribution in [0.2, 0.25) is 0 Å². The van der Waals surface area contributed by atoms with Crippen LogP contribution >= 0.6 is 0 Å². The molecule has 7 nitrogen and oxygen atoms in total. The van der Waals surface area contributed by atoms with Gasteiger partial charge in [-0.25, -0.2) is 9.69 Å². The lowest BCUT2D eigenvalue weighted by Gasteiger charge is -2.34. The Kier molecular flexibility index (Phi) is 9.28. The van der Waals surface area contributed by atoms with Crippen molar-refractivity contribution in [3.05, 3.63) is 108 Å². The number of methoxy groups -OCH3 is 1. The Balaban J connectivity index is 1.61. The van der Waals surface area contributed by atoms with Gasteiger partial charge in [0.1, 0.15) is 6.61 Å². The van der Waals surface area contributed by atoms with Gasteiger partial charge in [-0.05, 0) is 55.1 Å². The molecule has 2 amide bonds. The van der Waals surface area contributed by atoms with Crippen LogP contribution in [0.5, 0.6) is 0 Å². The van der Waals surface area contributed by atoms with Crippen LogP contribution in [0.15, 0.2) is 97.1 Å². The normalized spacial score (nSPS) is 16.1. The second kappa shape index (κ2) is 13.0. The van der Waals surface area contributed by atoms with Gasteiger partial charge in [-0.3, -0.25) is 9.59 Å². The third kappa shape index (κ3) is 7.21. The molecule has 3 aromatic carbocycles. The van der Waals surface area contributed by atoms with Gasteiger partial charge in [-0.15, -0.1) is 0 Å². The lowest BCUT2D eigenvalue weighted by molar-refractivity contribution is -0.153. The summed E-state index contributed by atoms with van der Waals surface area (Å²) in [6.07, 6.45) is 4.50. The van der Waals surface area contributed by atoms with Crippen molar-refractivity contribution in [3.8, 4) is 11.1 Å². The Labute approximate surface area is 229 Å². The second-order valence-corrected chi connectivity index (χ2v) is 9.91. The molecule has 4 rings (SSSR count). The third-order valence-electron chi connectivity index (χ3n) is 6.85. The number of amides is 2. The highest BCUT2D eigenvalue weighted by atomic mass is 16.6. The summed E-state index contributed by atoms with van der Waals surface area (Å²) in [6, 6.07) is 26.0. The maximum absolute atomic E-state index is 13.8. The van der Waals surface area contributed by atoms with E-state index in [0.717, 1.165) is 34.6 Å². The maximum Gasteiger partial charge on any atom is 0.417 e. The van der Waals surface area contributed by atoms with Gasteiger partial charge in [-0.2, -0.15) is 0 Å². The van der Waals surface area contributed by atoms with Gasteiger partial charge < -0.3 is 14.8 Å². The molecule has 1 aliphatic rings. The number of hydrogen-bond donors (Lipinski definition) is 1. The summed E-state index contributed by atoms with van der Waals surface area (Å²) in [6.45, 7) is 2.30. The average Bonchev–Trinajstić information content (AvgIpc) is 2.99. The number of carbonyl (C=O) groups is 3. The number of nitrogens with zero attached hydrogens (tertiary/aromatic N) is 1. The number of ether oxygens (including phenoxy) is 2. The highest BCUT2D eigenvalue weighted by Gasteiger charge is 2.42. The minimum atomic E-state index is -1.17. The first-order valence-corrected chi connectivity index (χ1v) is 13.1. The number of imide groups is 1. The maximum atomic E-state index is 13.8. The molecular formula is C32H34N2O5. The number of nitrogens with one attached hydrogen (secondary N) is 1. The first-order valence-electron chi connectivity index (χ1n) is 13.1. The number of hydrogen-bond acceptors (Lipinski definition) is 6. The van der Waals surface area contributed by atoms with Crippen molar-refractivity contribution in [2.24, 2.45) is 5.41 Å². The predicted octanol–water partition coefficient (Wildman–Crippen LogP) is 5.62. The molecule has 202 valence electrons. The predicted molar refractivity (Wildman–Crippen MR) is 150 cm³/mol. The van der Waals surface area contributed by atoms with Crippen molar-refractivity contribution < 1.29 is 23.9 Å². The zero-order chi connectivity index (χ0) is 27.7. The van der Waals surface area contributed by atoms with E-state index in [4.69, 9.17) is 9.47 Å². The van der Waals surface area contributed by atoms with Crippen LogP contribution in [-0.4, -0.2) is 49.1 Å². The van der Waals surface area contributed by atoms with E-state index in [0.29, 0.717) is 12.0 Å². The van der Waals surface area contributed by atoms with E-state index in [-0.39, 0.29) is 19.2 Å². The van der Waals surface area contributed by atoms with E-state index in [1.54, 1.807) is 19.1 Å². The SMILES string of the molecule is COC(=O)[C@](C)(C[C@@H]1C=CCCN1)CN(C(=O)OCc1ccccc1)C(=O)c1ccc(-c2ccccc2)cc1. The molecule has 39 heavy (non-hydrogen) atoms. The number of benzene rings is 3. The minimum Gasteiger partial charge on any atom is -0.469 e. The van der Waals surface area contributed by atoms with Gasteiger partial charge in [0.05, 0.1) is 12.5 Å². The molecule has 0 bridgehead atoms. The summed E-state index contributed by atoms with van der Waals surface area (Å²) in [5.74, 6) is -1.05. The lowest BCUT2D eigenvalue weighted by atomic mass is 9.82. The van der Waals surface area contributed by atoms with Gasteiger partial charge in [0.2, 0.25) is 0 Å². The zero-order valence-corrected chi connectivity index (χ0v) is 22.3. The van der Waals surface area contributed by atoms with Gasteiger partial charge in [0.25, 0.3) is 5.91 Å². The van der Waals surface area contributed by atoms with Crippen molar-refractivity contribution in [3.63, 3.8) is 0 Å². The Morgan fingerprint density at radius 3 is 2.18 bits per heavy atom. The lowest BCUT2D eigenvalue weighted by Crippen LogP contribution is -2.50. The third-order valence-corrected chi connectivity index (χ3v) is 6.85. The van der Waals surface area contributed by atoms with E-state index in [9.17, 15) is 14.4 Å². The van der Waals surface area contributed by atoms with Crippen LogP contribution in [0, 0.1) is 5.41 Å². The topological polar surface area (TPSA) is 84.9 Å². The van der Waals surface area contributed by atoms with Gasteiger partial charge in [-0.1, -0.05) is 84.9 Å². The first-order chi connectivity index (χ1) is 18.9. The molecule has 1 heterocycles. The van der Waals surface area contributed by atoms with Gasteiger partial charge in [0, 0.05) is 18.2 Å². The highest BCUT2D eigenvalue weighted by molar-refractivity contribution is 6.03. The molecule has 7 heteroatoms. The van der Waals surface area contributed by atoms with Crippen LogP contribution in [-0.2, 0) is 20.9 Å². The van der Waals surface area contributed by atoms with Gasteiger partial charge in [0.15, 0.2) is 0 Å². The molecule has 0 unspecified atom stereocenters. The molecule has 0 fully saturated rings. The van der Waals surface area contributed by atoms with Crippen LogP contribution in [0.3, 0.4) is 0 Å². The molecule has 0 aromatic heterocycles. The van der Waals surface area contributed by atoms with Crippen molar-refractivity contribution in [2.45, 2.75) is 32.4 Å². The number of carbonyl (C=O) groups excluding carboxylic acids is 3. The number of rotatable bonds is 9. The Morgan fingerprint density at radius 1 is 0.923 bits per heavy atom. The standard InChI is InChI=1S/C32H34N2O5/c1-32(30(36)38-2,21-28-15-9-10-20-33-28)23-34(31(37)39-22-24-11-5-3-6-12-24)29(35)27-18-16-26(17-19-27)25-13-7-4-8-14-25/h3-9,11-19,28,33H,10,20-23H2,1-2H3/t28-,32+/m0/s1. The second-order valence-electron chi connectivity index (χ2n) is 9.91. The molecule has 0 spiro atoms. The summed E-state index contributed by atoms with van der Waals surface area (Å²) in [4.78, 5) is 41.2. The molecule has 3 aromatic rings. The van der Waals surface area contributed by atoms with Crippen LogP contribution < -0.4 is 5.32 Å². The number of esters is 1. The fourth-order valence-electron chi connectivity index (χ4n) is 4.72. The molecule has 0 saturated heterocycles. The Bertz CT molecular complexity index is 1290. The molecule has 0 aliphatic carbocycles. The van der Waals surface area contributed by atoms with Gasteiger partial charge >= 0.3 is 12.1 Å². The minimum absolute atomic E-state index is 0.00173. The fraction of sp³-hybridized carbons (Fsp3) is 0.281. The average molecular weight is 527 g/mol. The highest BCUT2D eigenvalue weighted by Crippen LogP contribution is 2.29. The summed E-state index contributed by atoms with van der Waals surface area (Å²) in [5.41, 5.74) is 1.90. The summed E-state index contributed by atoms with van der Waals surface area (Å²) >= 11 is 0. The summed E-state index contributed by atoms with van der Waals surface area (Å²) in [7, 11) is 1.31. The Morgan fingerprint density at radius 2 is 1.56 bits per heavy atom. The van der Waals surface area contributed by atoms with E-state index in [1.165, 1.54) is 7.11 Å². The summed E-state index contributed by atoms with van der Waals surface area (Å²) in [5, 5.41) is 3.37. The molecule has 0 radical (unpaired) electrons. The van der Waals surface area contributed by atoms with Crippen molar-refractivity contribution in [1.29, 1.82) is 0 Å². The molecule has 1 aliphatic heterocycles. The quantitative estimate of drug-likeness (QED) is 0.288. The molecule has 1 N–H and O–H groups in total. The van der Waals surface area contributed by atoms with E-state index in [1.807, 2.05) is 78.9 Å². The van der Waals surface area contributed by atoms with Crippen molar-refractivity contribution in [1.82, 2.24) is 10.2 Å². The largest absolute Gasteiger partial charge is 0.469 e. The van der Waals surface area contributed by atoms with Crippen molar-refractivity contribution >= 4 is 18.0 Å². The zero-order valence-electron chi connectivity index (χ0n) is 22.3. The monoisotopic (exact) mass is 526 g/mol. The molecular weight excluding hydrogens is 492 g/mol. The Hall–Kier alpha value is -4.23. The van der Waals surface area contributed by atoms with Crippen molar-refractivity contribution in [2.75, 3.05) is 20.2 Å². The van der Waals surface area contributed by atoms with E-state index >= 15 is 0 Å². The van der Waals surface area contributed by atoms with Crippen LogP contribution in [0.1, 0.15) is 35.7 Å². The van der Waals surface area contributed by atoms with Crippen LogP contribution in [0.25, 0.3) is 11.1 Å². The fourth-order valence-corrected chi connectivity index (χ4v) is 4.72. The summed E-state index contributed by atoms with van der Waals surface area (Å²) < 4.78 is 10.7. The molecule has 2 atom stereocenters. The van der Waals surface area contributed by atoms with E-state index < -0.39 is 23.4 Å². The smallest absolute Gasteiger partial charge is 0.417 e. The van der Waals surface area contributed by atoms with E-state index in [2.05, 4.69) is 11.4 Å².